The van der Waals surface area contributed by atoms with Crippen LogP contribution < -0.4 is 5.32 Å². The fourth-order valence-electron chi connectivity index (χ4n) is 2.94. The van der Waals surface area contributed by atoms with E-state index >= 15 is 0 Å². The van der Waals surface area contributed by atoms with Crippen molar-refractivity contribution in [1.29, 1.82) is 0 Å². The van der Waals surface area contributed by atoms with Crippen LogP contribution in [0.5, 0.6) is 0 Å². The van der Waals surface area contributed by atoms with Crippen molar-refractivity contribution < 1.29 is 14.3 Å². The predicted octanol–water partition coefficient (Wildman–Crippen LogP) is 0.256. The summed E-state index contributed by atoms with van der Waals surface area (Å²) in [6.45, 7) is 7.86. The van der Waals surface area contributed by atoms with Crippen molar-refractivity contribution in [2.45, 2.75) is 38.8 Å². The van der Waals surface area contributed by atoms with Gasteiger partial charge in [0.15, 0.2) is 0 Å². The van der Waals surface area contributed by atoms with Crippen molar-refractivity contribution in [2.24, 2.45) is 0 Å². The third-order valence-electron chi connectivity index (χ3n) is 4.10. The molecule has 0 aliphatic carbocycles. The molecule has 0 aromatic rings. The molecular formula is C14H26ClN3O3. The largest absolute Gasteiger partial charge is 0.366 e. The molecule has 0 spiro atoms. The zero-order valence-corrected chi connectivity index (χ0v) is 13.7. The van der Waals surface area contributed by atoms with Crippen molar-refractivity contribution in [2.75, 3.05) is 39.3 Å². The highest BCUT2D eigenvalue weighted by atomic mass is 35.5. The van der Waals surface area contributed by atoms with E-state index in [0.29, 0.717) is 32.8 Å². The Morgan fingerprint density at radius 2 is 2.05 bits per heavy atom. The standard InChI is InChI=1S/C14H25N3O3.ClH/c1-3-16(4-2)13(18)11-6-5-8-17(11)14(19)12-10-15-7-9-20-12;/h11-12,15H,3-10H2,1-2H3;1H. The number of halogens is 1. The van der Waals surface area contributed by atoms with Crippen LogP contribution in [0.1, 0.15) is 26.7 Å². The normalized spacial score (nSPS) is 25.3. The number of likely N-dealkylation sites (N-methyl/N-ethyl adjacent to an activating group) is 1. The van der Waals surface area contributed by atoms with Gasteiger partial charge in [0.2, 0.25) is 5.91 Å². The molecule has 0 aromatic carbocycles. The van der Waals surface area contributed by atoms with Gasteiger partial charge in [-0.2, -0.15) is 0 Å². The van der Waals surface area contributed by atoms with E-state index in [2.05, 4.69) is 5.32 Å². The summed E-state index contributed by atoms with van der Waals surface area (Å²) >= 11 is 0. The van der Waals surface area contributed by atoms with Gasteiger partial charge in [0.05, 0.1) is 6.61 Å². The molecule has 2 heterocycles. The summed E-state index contributed by atoms with van der Waals surface area (Å²) in [5, 5.41) is 3.16. The van der Waals surface area contributed by atoms with Crippen LogP contribution >= 0.6 is 12.4 Å². The average molecular weight is 320 g/mol. The van der Waals surface area contributed by atoms with E-state index in [1.54, 1.807) is 9.80 Å². The lowest BCUT2D eigenvalue weighted by molar-refractivity contribution is -0.152. The number of nitrogens with one attached hydrogen (secondary N) is 1. The maximum absolute atomic E-state index is 12.5. The van der Waals surface area contributed by atoms with E-state index in [1.807, 2.05) is 13.8 Å². The van der Waals surface area contributed by atoms with E-state index in [-0.39, 0.29) is 30.3 Å². The summed E-state index contributed by atoms with van der Waals surface area (Å²) in [6, 6.07) is -0.298. The van der Waals surface area contributed by atoms with Crippen LogP contribution in [0.3, 0.4) is 0 Å². The molecule has 21 heavy (non-hydrogen) atoms. The summed E-state index contributed by atoms with van der Waals surface area (Å²) in [5.41, 5.74) is 0. The maximum Gasteiger partial charge on any atom is 0.253 e. The Hall–Kier alpha value is -0.850. The second-order valence-corrected chi connectivity index (χ2v) is 5.26. The molecule has 2 aliphatic rings. The molecule has 2 unspecified atom stereocenters. The van der Waals surface area contributed by atoms with Gasteiger partial charge in [-0.15, -0.1) is 12.4 Å². The number of hydrogen-bond donors (Lipinski definition) is 1. The average Bonchev–Trinajstić information content (AvgIpc) is 2.98. The van der Waals surface area contributed by atoms with Crippen molar-refractivity contribution in [3.8, 4) is 0 Å². The summed E-state index contributed by atoms with van der Waals surface area (Å²) in [6.07, 6.45) is 1.22. The van der Waals surface area contributed by atoms with E-state index in [4.69, 9.17) is 4.74 Å². The van der Waals surface area contributed by atoms with Crippen LogP contribution in [0.2, 0.25) is 0 Å². The zero-order valence-electron chi connectivity index (χ0n) is 12.8. The van der Waals surface area contributed by atoms with Gasteiger partial charge in [-0.05, 0) is 26.7 Å². The second-order valence-electron chi connectivity index (χ2n) is 5.26. The Balaban J connectivity index is 0.00000220. The van der Waals surface area contributed by atoms with Crippen LogP contribution in [-0.4, -0.2) is 73.1 Å². The van der Waals surface area contributed by atoms with Crippen molar-refractivity contribution in [3.05, 3.63) is 0 Å². The topological polar surface area (TPSA) is 61.9 Å². The molecule has 0 bridgehead atoms. The van der Waals surface area contributed by atoms with Crippen LogP contribution in [0.4, 0.5) is 0 Å². The number of carbonyl (C=O) groups excluding carboxylic acids is 2. The molecule has 2 amide bonds. The summed E-state index contributed by atoms with van der Waals surface area (Å²) in [7, 11) is 0. The second kappa shape index (κ2) is 8.56. The van der Waals surface area contributed by atoms with E-state index in [1.165, 1.54) is 0 Å². The number of carbonyl (C=O) groups is 2. The lowest BCUT2D eigenvalue weighted by Crippen LogP contribution is -2.54. The zero-order chi connectivity index (χ0) is 14.5. The first kappa shape index (κ1) is 18.2. The van der Waals surface area contributed by atoms with E-state index < -0.39 is 6.10 Å². The van der Waals surface area contributed by atoms with Crippen LogP contribution in [-0.2, 0) is 14.3 Å². The smallest absolute Gasteiger partial charge is 0.253 e. The van der Waals surface area contributed by atoms with Gasteiger partial charge < -0.3 is 19.9 Å². The molecule has 2 fully saturated rings. The SMILES string of the molecule is CCN(CC)C(=O)C1CCCN1C(=O)C1CNCCO1.Cl. The number of ether oxygens (including phenoxy) is 1. The molecule has 2 rings (SSSR count). The van der Waals surface area contributed by atoms with Crippen LogP contribution in [0, 0.1) is 0 Å². The molecule has 122 valence electrons. The Morgan fingerprint density at radius 1 is 1.33 bits per heavy atom. The summed E-state index contributed by atoms with van der Waals surface area (Å²) in [4.78, 5) is 28.5. The molecule has 6 nitrogen and oxygen atoms in total. The Kier molecular flexibility index (Phi) is 7.42. The van der Waals surface area contributed by atoms with Gasteiger partial charge in [0, 0.05) is 32.7 Å². The quantitative estimate of drug-likeness (QED) is 0.807. The van der Waals surface area contributed by atoms with E-state index in [0.717, 1.165) is 19.4 Å². The van der Waals surface area contributed by atoms with E-state index in [9.17, 15) is 9.59 Å². The molecule has 7 heteroatoms. The highest BCUT2D eigenvalue weighted by molar-refractivity contribution is 5.90. The minimum atomic E-state index is -0.436. The van der Waals surface area contributed by atoms with Crippen LogP contribution in [0.15, 0.2) is 0 Å². The molecule has 0 saturated carbocycles. The predicted molar refractivity (Wildman–Crippen MR) is 82.5 cm³/mol. The van der Waals surface area contributed by atoms with Gasteiger partial charge >= 0.3 is 0 Å². The van der Waals surface area contributed by atoms with Gasteiger partial charge in [0.1, 0.15) is 12.1 Å². The fourth-order valence-corrected chi connectivity index (χ4v) is 2.94. The lowest BCUT2D eigenvalue weighted by Gasteiger charge is -2.32. The number of likely N-dealkylation sites (tertiary alicyclic amines) is 1. The molecule has 0 aromatic heterocycles. The fraction of sp³-hybridized carbons (Fsp3) is 0.857. The minimum absolute atomic E-state index is 0. The first-order valence-electron chi connectivity index (χ1n) is 7.60. The number of amides is 2. The number of nitrogens with zero attached hydrogens (tertiary/aromatic N) is 2. The van der Waals surface area contributed by atoms with Gasteiger partial charge in [-0.25, -0.2) is 0 Å². The molecule has 2 aliphatic heterocycles. The number of hydrogen-bond acceptors (Lipinski definition) is 4. The monoisotopic (exact) mass is 319 g/mol. The molecule has 0 radical (unpaired) electrons. The molecule has 2 atom stereocenters. The first-order chi connectivity index (χ1) is 9.69. The maximum atomic E-state index is 12.5. The molecule has 1 N–H and O–H groups in total. The Bertz CT molecular complexity index is 357. The van der Waals surface area contributed by atoms with Gasteiger partial charge in [-0.1, -0.05) is 0 Å². The van der Waals surface area contributed by atoms with Crippen molar-refractivity contribution in [1.82, 2.24) is 15.1 Å². The number of morpholine rings is 1. The van der Waals surface area contributed by atoms with Crippen molar-refractivity contribution in [3.63, 3.8) is 0 Å². The highest BCUT2D eigenvalue weighted by Crippen LogP contribution is 2.21. The molecular weight excluding hydrogens is 294 g/mol. The third kappa shape index (κ3) is 4.08. The Labute approximate surface area is 132 Å². The Morgan fingerprint density at radius 3 is 2.62 bits per heavy atom. The third-order valence-corrected chi connectivity index (χ3v) is 4.10. The minimum Gasteiger partial charge on any atom is -0.366 e. The van der Waals surface area contributed by atoms with Gasteiger partial charge in [-0.3, -0.25) is 9.59 Å². The lowest BCUT2D eigenvalue weighted by atomic mass is 10.1. The summed E-state index contributed by atoms with van der Waals surface area (Å²) in [5.74, 6) is 0.0322. The van der Waals surface area contributed by atoms with Crippen LogP contribution in [0.25, 0.3) is 0 Å². The van der Waals surface area contributed by atoms with Crippen molar-refractivity contribution >= 4 is 24.2 Å². The highest BCUT2D eigenvalue weighted by Gasteiger charge is 2.39. The summed E-state index contributed by atoms with van der Waals surface area (Å²) < 4.78 is 5.51. The first-order valence-corrected chi connectivity index (χ1v) is 7.60. The van der Waals surface area contributed by atoms with Gasteiger partial charge in [0.25, 0.3) is 5.91 Å². The number of rotatable bonds is 4. The molecule has 2 saturated heterocycles.